The van der Waals surface area contributed by atoms with Crippen LogP contribution in [0.5, 0.6) is 0 Å². The summed E-state index contributed by atoms with van der Waals surface area (Å²) in [5.74, 6) is -0.704. The van der Waals surface area contributed by atoms with Crippen molar-refractivity contribution in [1.82, 2.24) is 5.32 Å². The number of benzene rings is 4. The third kappa shape index (κ3) is 4.24. The highest BCUT2D eigenvalue weighted by atomic mass is 35.5. The summed E-state index contributed by atoms with van der Waals surface area (Å²) in [5, 5.41) is 3.62. The number of anilines is 3. The molecule has 0 radical (unpaired) electrons. The molecule has 0 atom stereocenters. The van der Waals surface area contributed by atoms with Crippen LogP contribution in [-0.4, -0.2) is 75.5 Å². The molecule has 0 saturated carbocycles. The number of piperazine rings is 2. The standard InChI is InChI=1S/C36H29ClN4O4/c37-25-9-1-5-21-29(25)35(44)30-22(33(21)42)6-3-11-27(30)40-17-19-41(20-18-40)28-12-4-8-24-32(28)36(45)31-23(34(24)43)7-2-10-26(31)39-15-13-38-14-16-39/h1-12,38H,13-20H2. The van der Waals surface area contributed by atoms with Crippen LogP contribution in [0.15, 0.2) is 72.8 Å². The fourth-order valence-corrected chi connectivity index (χ4v) is 7.53. The Balaban J connectivity index is 1.11. The first-order chi connectivity index (χ1) is 21.9. The van der Waals surface area contributed by atoms with Crippen LogP contribution in [0.25, 0.3) is 0 Å². The fraction of sp³-hybridized carbons (Fsp3) is 0.222. The van der Waals surface area contributed by atoms with Crippen LogP contribution >= 0.6 is 11.6 Å². The van der Waals surface area contributed by atoms with Gasteiger partial charge in [0, 0.05) is 91.7 Å². The first-order valence-corrected chi connectivity index (χ1v) is 15.6. The second kappa shape index (κ2) is 10.7. The molecule has 2 saturated heterocycles. The molecule has 0 unspecified atom stereocenters. The molecule has 2 heterocycles. The number of carbonyl (C=O) groups is 4. The van der Waals surface area contributed by atoms with Gasteiger partial charge in [-0.1, -0.05) is 60.1 Å². The van der Waals surface area contributed by atoms with Crippen molar-refractivity contribution in [3.05, 3.63) is 122 Å². The molecule has 45 heavy (non-hydrogen) atoms. The zero-order valence-electron chi connectivity index (χ0n) is 24.4. The molecule has 8 nitrogen and oxygen atoms in total. The SMILES string of the molecule is O=C1c2cccc(Cl)c2C(=O)c2c1cccc2N1CCN(c2cccc3c2C(=O)c2c(cccc2N2CCNCC2)C3=O)CC1. The lowest BCUT2D eigenvalue weighted by Crippen LogP contribution is -2.48. The topological polar surface area (TPSA) is 90.0 Å². The summed E-state index contributed by atoms with van der Waals surface area (Å²) in [7, 11) is 0. The van der Waals surface area contributed by atoms with Gasteiger partial charge in [0.15, 0.2) is 23.1 Å². The monoisotopic (exact) mass is 616 g/mol. The zero-order chi connectivity index (χ0) is 30.8. The predicted molar refractivity (Wildman–Crippen MR) is 174 cm³/mol. The smallest absolute Gasteiger partial charge is 0.198 e. The summed E-state index contributed by atoms with van der Waals surface area (Å²) >= 11 is 6.41. The van der Waals surface area contributed by atoms with E-state index in [9.17, 15) is 19.2 Å². The van der Waals surface area contributed by atoms with E-state index in [1.165, 1.54) is 0 Å². The summed E-state index contributed by atoms with van der Waals surface area (Å²) in [6.45, 7) is 5.42. The van der Waals surface area contributed by atoms with E-state index in [2.05, 4.69) is 20.0 Å². The van der Waals surface area contributed by atoms with Gasteiger partial charge in [-0.3, -0.25) is 19.2 Å². The number of nitrogens with one attached hydrogen (secondary N) is 1. The molecule has 1 N–H and O–H groups in total. The highest BCUT2D eigenvalue weighted by molar-refractivity contribution is 6.39. The Kier molecular flexibility index (Phi) is 6.58. The Morgan fingerprint density at radius 2 is 0.800 bits per heavy atom. The normalized spacial score (nSPS) is 17.6. The average molecular weight is 617 g/mol. The van der Waals surface area contributed by atoms with Crippen molar-refractivity contribution in [1.29, 1.82) is 0 Å². The van der Waals surface area contributed by atoms with Crippen LogP contribution in [0, 0.1) is 0 Å². The maximum absolute atomic E-state index is 14.3. The Morgan fingerprint density at radius 3 is 1.24 bits per heavy atom. The van der Waals surface area contributed by atoms with Crippen LogP contribution in [0.1, 0.15) is 63.7 Å². The van der Waals surface area contributed by atoms with E-state index >= 15 is 0 Å². The van der Waals surface area contributed by atoms with Gasteiger partial charge in [0.1, 0.15) is 0 Å². The number of hydrogen-bond acceptors (Lipinski definition) is 8. The van der Waals surface area contributed by atoms with Gasteiger partial charge < -0.3 is 20.0 Å². The average Bonchev–Trinajstić information content (AvgIpc) is 3.09. The Morgan fingerprint density at radius 1 is 0.444 bits per heavy atom. The van der Waals surface area contributed by atoms with Crippen molar-refractivity contribution in [2.75, 3.05) is 67.1 Å². The molecular weight excluding hydrogens is 588 g/mol. The first kappa shape index (κ1) is 27.7. The number of nitrogens with zero attached hydrogens (tertiary/aromatic N) is 3. The molecule has 4 aromatic carbocycles. The number of hydrogen-bond donors (Lipinski definition) is 1. The van der Waals surface area contributed by atoms with Gasteiger partial charge in [0.05, 0.1) is 27.3 Å². The van der Waals surface area contributed by atoms with Crippen LogP contribution in [0.3, 0.4) is 0 Å². The second-order valence-electron chi connectivity index (χ2n) is 11.8. The third-order valence-corrected chi connectivity index (χ3v) is 9.76. The lowest BCUT2D eigenvalue weighted by atomic mass is 9.81. The molecule has 0 amide bonds. The summed E-state index contributed by atoms with van der Waals surface area (Å²) < 4.78 is 0. The van der Waals surface area contributed by atoms with Gasteiger partial charge in [-0.15, -0.1) is 0 Å². The van der Waals surface area contributed by atoms with E-state index in [-0.39, 0.29) is 33.7 Å². The molecule has 0 aromatic heterocycles. The first-order valence-electron chi connectivity index (χ1n) is 15.3. The molecule has 2 aliphatic heterocycles. The van der Waals surface area contributed by atoms with Gasteiger partial charge >= 0.3 is 0 Å². The van der Waals surface area contributed by atoms with E-state index in [0.717, 1.165) is 37.6 Å². The Bertz CT molecular complexity index is 1960. The second-order valence-corrected chi connectivity index (χ2v) is 12.2. The summed E-state index contributed by atoms with van der Waals surface area (Å²) in [5.41, 5.74) is 5.44. The quantitative estimate of drug-likeness (QED) is 0.308. The van der Waals surface area contributed by atoms with Crippen molar-refractivity contribution >= 4 is 51.8 Å². The summed E-state index contributed by atoms with van der Waals surface area (Å²) in [6.07, 6.45) is 0. The molecule has 4 aliphatic rings. The molecule has 0 spiro atoms. The van der Waals surface area contributed by atoms with Crippen LogP contribution in [0.2, 0.25) is 5.02 Å². The van der Waals surface area contributed by atoms with Crippen molar-refractivity contribution in [3.63, 3.8) is 0 Å². The van der Waals surface area contributed by atoms with Crippen molar-refractivity contribution in [2.45, 2.75) is 0 Å². The highest BCUT2D eigenvalue weighted by Crippen LogP contribution is 2.40. The lowest BCUT2D eigenvalue weighted by Gasteiger charge is -2.40. The van der Waals surface area contributed by atoms with Crippen molar-refractivity contribution in [2.24, 2.45) is 0 Å². The molecule has 8 rings (SSSR count). The minimum atomic E-state index is -0.247. The summed E-state index contributed by atoms with van der Waals surface area (Å²) in [4.78, 5) is 61.7. The van der Waals surface area contributed by atoms with Gasteiger partial charge in [-0.2, -0.15) is 0 Å². The lowest BCUT2D eigenvalue weighted by molar-refractivity contribution is 0.0979. The minimum absolute atomic E-state index is 0.122. The van der Waals surface area contributed by atoms with Crippen LogP contribution in [0.4, 0.5) is 17.1 Å². The molecule has 4 aromatic rings. The van der Waals surface area contributed by atoms with Crippen molar-refractivity contribution in [3.8, 4) is 0 Å². The third-order valence-electron chi connectivity index (χ3n) is 9.45. The minimum Gasteiger partial charge on any atom is -0.368 e. The maximum atomic E-state index is 14.3. The molecule has 2 aliphatic carbocycles. The number of halogens is 1. The van der Waals surface area contributed by atoms with E-state index in [1.54, 1.807) is 36.4 Å². The highest BCUT2D eigenvalue weighted by Gasteiger charge is 2.38. The Hall–Kier alpha value is -4.79. The largest absolute Gasteiger partial charge is 0.368 e. The van der Waals surface area contributed by atoms with E-state index < -0.39 is 0 Å². The number of carbonyl (C=O) groups excluding carboxylic acids is 4. The van der Waals surface area contributed by atoms with Gasteiger partial charge in [0.2, 0.25) is 0 Å². The van der Waals surface area contributed by atoms with Gasteiger partial charge in [-0.25, -0.2) is 0 Å². The van der Waals surface area contributed by atoms with E-state index in [4.69, 9.17) is 11.6 Å². The number of rotatable bonds is 3. The van der Waals surface area contributed by atoms with Crippen LogP contribution < -0.4 is 20.0 Å². The van der Waals surface area contributed by atoms with Crippen molar-refractivity contribution < 1.29 is 19.2 Å². The molecule has 224 valence electrons. The molecule has 2 fully saturated rings. The predicted octanol–water partition coefficient (Wildman–Crippen LogP) is 4.63. The zero-order valence-corrected chi connectivity index (χ0v) is 25.2. The molecular formula is C36H29ClN4O4. The molecule has 0 bridgehead atoms. The Labute approximate surface area is 265 Å². The molecule has 9 heteroatoms. The van der Waals surface area contributed by atoms with Crippen LogP contribution in [-0.2, 0) is 0 Å². The van der Waals surface area contributed by atoms with E-state index in [1.807, 2.05) is 36.4 Å². The van der Waals surface area contributed by atoms with Gasteiger partial charge in [-0.05, 0) is 24.3 Å². The summed E-state index contributed by atoms with van der Waals surface area (Å²) in [6, 6.07) is 21.4. The number of ketones is 4. The van der Waals surface area contributed by atoms with E-state index in [0.29, 0.717) is 70.8 Å². The van der Waals surface area contributed by atoms with Gasteiger partial charge in [0.25, 0.3) is 0 Å². The number of fused-ring (bicyclic) bond motifs is 4. The fourth-order valence-electron chi connectivity index (χ4n) is 7.27. The maximum Gasteiger partial charge on any atom is 0.198 e.